The minimum atomic E-state index is -3.89. The molecule has 0 radical (unpaired) electrons. The second kappa shape index (κ2) is 6.91. The number of sulfonamides is 1. The van der Waals surface area contributed by atoms with E-state index >= 15 is 0 Å². The van der Waals surface area contributed by atoms with Gasteiger partial charge in [0.1, 0.15) is 10.7 Å². The Morgan fingerprint density at radius 3 is 2.65 bits per heavy atom. The molecule has 0 unspecified atom stereocenters. The monoisotopic (exact) mass is 376 g/mol. The molecule has 138 valence electrons. The first kappa shape index (κ1) is 18.1. The van der Waals surface area contributed by atoms with E-state index in [-0.39, 0.29) is 29.3 Å². The van der Waals surface area contributed by atoms with Gasteiger partial charge in [-0.05, 0) is 25.5 Å². The van der Waals surface area contributed by atoms with Crippen molar-refractivity contribution in [3.05, 3.63) is 41.6 Å². The van der Waals surface area contributed by atoms with Gasteiger partial charge < -0.3 is 5.32 Å². The lowest BCUT2D eigenvalue weighted by atomic mass is 10.2. The van der Waals surface area contributed by atoms with Gasteiger partial charge in [-0.2, -0.15) is 5.10 Å². The van der Waals surface area contributed by atoms with Crippen LogP contribution in [-0.4, -0.2) is 40.9 Å². The van der Waals surface area contributed by atoms with E-state index in [9.17, 15) is 18.0 Å². The highest BCUT2D eigenvalue weighted by molar-refractivity contribution is 7.90. The third kappa shape index (κ3) is 3.22. The van der Waals surface area contributed by atoms with Crippen LogP contribution in [0.2, 0.25) is 0 Å². The second-order valence-electron chi connectivity index (χ2n) is 6.07. The molecule has 0 atom stereocenters. The molecule has 2 aromatic rings. The van der Waals surface area contributed by atoms with Crippen molar-refractivity contribution in [1.82, 2.24) is 14.1 Å². The first-order valence-electron chi connectivity index (χ1n) is 8.35. The van der Waals surface area contributed by atoms with Crippen molar-refractivity contribution in [2.45, 2.75) is 38.1 Å². The van der Waals surface area contributed by atoms with Crippen LogP contribution in [-0.2, 0) is 21.4 Å². The minimum Gasteiger partial charge on any atom is -0.311 e. The number of nitrogens with zero attached hydrogens (tertiary/aromatic N) is 3. The first-order chi connectivity index (χ1) is 12.3. The molecule has 0 fully saturated rings. The van der Waals surface area contributed by atoms with Gasteiger partial charge >= 0.3 is 0 Å². The van der Waals surface area contributed by atoms with Gasteiger partial charge in [0.25, 0.3) is 15.9 Å². The smallest absolute Gasteiger partial charge is 0.269 e. The Bertz CT molecular complexity index is 965. The highest BCUT2D eigenvalue weighted by Crippen LogP contribution is 2.29. The van der Waals surface area contributed by atoms with E-state index in [0.29, 0.717) is 12.4 Å². The zero-order chi connectivity index (χ0) is 18.9. The third-order valence-corrected chi connectivity index (χ3v) is 5.90. The molecule has 3 rings (SSSR count). The minimum absolute atomic E-state index is 0.0120. The van der Waals surface area contributed by atoms with E-state index < -0.39 is 15.9 Å². The highest BCUT2D eigenvalue weighted by Gasteiger charge is 2.40. The number of benzene rings is 1. The number of hydrogen-bond donors (Lipinski definition) is 1. The first-order valence-corrected chi connectivity index (χ1v) is 9.79. The average Bonchev–Trinajstić information content (AvgIpc) is 3.02. The van der Waals surface area contributed by atoms with Crippen molar-refractivity contribution in [2.75, 3.05) is 11.9 Å². The fourth-order valence-electron chi connectivity index (χ4n) is 2.89. The molecule has 0 saturated heterocycles. The van der Waals surface area contributed by atoms with Crippen LogP contribution in [0.15, 0.2) is 35.2 Å². The van der Waals surface area contributed by atoms with Crippen LogP contribution in [0.1, 0.15) is 35.8 Å². The molecular formula is C17H20N4O4S. The maximum absolute atomic E-state index is 12.5. The average molecular weight is 376 g/mol. The summed E-state index contributed by atoms with van der Waals surface area (Å²) in [5.74, 6) is -0.408. The molecule has 1 aromatic carbocycles. The van der Waals surface area contributed by atoms with Crippen LogP contribution in [0.25, 0.3) is 0 Å². The number of hydrogen-bond acceptors (Lipinski definition) is 5. The van der Waals surface area contributed by atoms with Crippen molar-refractivity contribution >= 4 is 27.7 Å². The second-order valence-corrected chi connectivity index (χ2v) is 7.90. The van der Waals surface area contributed by atoms with Crippen LogP contribution in [0.3, 0.4) is 0 Å². The summed E-state index contributed by atoms with van der Waals surface area (Å²) in [5.41, 5.74) is 0.922. The summed E-state index contributed by atoms with van der Waals surface area (Å²) in [6, 6.07) is 7.80. The highest BCUT2D eigenvalue weighted by atomic mass is 32.2. The summed E-state index contributed by atoms with van der Waals surface area (Å²) < 4.78 is 27.4. The van der Waals surface area contributed by atoms with Gasteiger partial charge in [-0.25, -0.2) is 17.4 Å². The van der Waals surface area contributed by atoms with Gasteiger partial charge in [-0.1, -0.05) is 19.1 Å². The summed E-state index contributed by atoms with van der Waals surface area (Å²) in [4.78, 5) is 24.6. The molecule has 2 amide bonds. The Balaban J connectivity index is 1.68. The van der Waals surface area contributed by atoms with Gasteiger partial charge in [0.2, 0.25) is 5.91 Å². The van der Waals surface area contributed by atoms with Gasteiger partial charge in [-0.3, -0.25) is 9.59 Å². The maximum Gasteiger partial charge on any atom is 0.269 e. The predicted molar refractivity (Wildman–Crippen MR) is 95.2 cm³/mol. The van der Waals surface area contributed by atoms with Gasteiger partial charge in [0.05, 0.1) is 11.3 Å². The van der Waals surface area contributed by atoms with Crippen LogP contribution < -0.4 is 5.32 Å². The number of carbonyl (C=O) groups excluding carboxylic acids is 2. The molecule has 2 heterocycles. The van der Waals surface area contributed by atoms with Gasteiger partial charge in [-0.15, -0.1) is 0 Å². The number of fused-ring (bicyclic) bond motifs is 1. The summed E-state index contributed by atoms with van der Waals surface area (Å²) in [5, 5.41) is 7.03. The van der Waals surface area contributed by atoms with Crippen LogP contribution in [0.5, 0.6) is 0 Å². The Kier molecular flexibility index (Phi) is 4.82. The Morgan fingerprint density at radius 2 is 1.96 bits per heavy atom. The van der Waals surface area contributed by atoms with Gasteiger partial charge in [0.15, 0.2) is 0 Å². The summed E-state index contributed by atoms with van der Waals surface area (Å²) in [6.45, 7) is 4.29. The number of rotatable bonds is 6. The largest absolute Gasteiger partial charge is 0.311 e. The Hall–Kier alpha value is -2.68. The van der Waals surface area contributed by atoms with Crippen LogP contribution in [0.4, 0.5) is 5.82 Å². The van der Waals surface area contributed by atoms with E-state index in [4.69, 9.17) is 0 Å². The van der Waals surface area contributed by atoms with E-state index in [1.807, 2.05) is 13.8 Å². The van der Waals surface area contributed by atoms with Crippen molar-refractivity contribution in [2.24, 2.45) is 0 Å². The molecule has 1 aliphatic rings. The standard InChI is InChI=1S/C17H20N4O4S/c1-3-9-20-15(11-12(2)19-20)18-16(22)8-10-21-17(23)13-6-4-5-7-14(13)26(21,24)25/h4-7,11H,3,8-10H2,1-2H3,(H,18,22). The van der Waals surface area contributed by atoms with E-state index in [2.05, 4.69) is 10.4 Å². The molecule has 26 heavy (non-hydrogen) atoms. The van der Waals surface area contributed by atoms with Crippen LogP contribution >= 0.6 is 0 Å². The molecule has 0 saturated carbocycles. The number of anilines is 1. The maximum atomic E-state index is 12.5. The third-order valence-electron chi connectivity index (χ3n) is 4.06. The van der Waals surface area contributed by atoms with Crippen molar-refractivity contribution in [1.29, 1.82) is 0 Å². The summed E-state index contributed by atoms with van der Waals surface area (Å²) >= 11 is 0. The molecule has 9 heteroatoms. The molecule has 8 nitrogen and oxygen atoms in total. The fraction of sp³-hybridized carbons (Fsp3) is 0.353. The zero-order valence-electron chi connectivity index (χ0n) is 14.6. The molecule has 1 N–H and O–H groups in total. The summed E-state index contributed by atoms with van der Waals surface area (Å²) in [6.07, 6.45) is 0.734. The van der Waals surface area contributed by atoms with E-state index in [1.165, 1.54) is 12.1 Å². The van der Waals surface area contributed by atoms with E-state index in [0.717, 1.165) is 16.4 Å². The quantitative estimate of drug-likeness (QED) is 0.828. The SMILES string of the molecule is CCCn1nc(C)cc1NC(=O)CCN1C(=O)c2ccccc2S1(=O)=O. The lowest BCUT2D eigenvalue weighted by molar-refractivity contribution is -0.116. The fourth-order valence-corrected chi connectivity index (χ4v) is 4.46. The molecule has 0 aliphatic carbocycles. The molecule has 0 spiro atoms. The number of carbonyl (C=O) groups is 2. The lowest BCUT2D eigenvalue weighted by Crippen LogP contribution is -2.33. The van der Waals surface area contributed by atoms with Gasteiger partial charge in [0, 0.05) is 25.6 Å². The Labute approximate surface area is 151 Å². The normalized spacial score (nSPS) is 15.2. The molecule has 1 aromatic heterocycles. The predicted octanol–water partition coefficient (Wildman–Crippen LogP) is 1.77. The zero-order valence-corrected chi connectivity index (χ0v) is 15.4. The topological polar surface area (TPSA) is 101 Å². The molecule has 0 bridgehead atoms. The van der Waals surface area contributed by atoms with Crippen LogP contribution in [0, 0.1) is 6.92 Å². The van der Waals surface area contributed by atoms with Crippen molar-refractivity contribution in [3.63, 3.8) is 0 Å². The number of aromatic nitrogens is 2. The van der Waals surface area contributed by atoms with Crippen molar-refractivity contribution < 1.29 is 18.0 Å². The molecular weight excluding hydrogens is 356 g/mol. The Morgan fingerprint density at radius 1 is 1.23 bits per heavy atom. The summed E-state index contributed by atoms with van der Waals surface area (Å²) in [7, 11) is -3.89. The lowest BCUT2D eigenvalue weighted by Gasteiger charge is -2.15. The number of amides is 2. The number of nitrogens with one attached hydrogen (secondary N) is 1. The van der Waals surface area contributed by atoms with Crippen molar-refractivity contribution in [3.8, 4) is 0 Å². The number of aryl methyl sites for hydroxylation is 2. The molecule has 1 aliphatic heterocycles. The van der Waals surface area contributed by atoms with E-state index in [1.54, 1.807) is 22.9 Å².